The fourth-order valence-electron chi connectivity index (χ4n) is 1.86. The number of urea groups is 1. The first-order valence-corrected chi connectivity index (χ1v) is 6.81. The van der Waals surface area contributed by atoms with Gasteiger partial charge in [0.25, 0.3) is 0 Å². The van der Waals surface area contributed by atoms with Gasteiger partial charge in [0.2, 0.25) is 0 Å². The Balaban J connectivity index is 1.71. The van der Waals surface area contributed by atoms with Crippen LogP contribution in [-0.2, 0) is 13.0 Å². The van der Waals surface area contributed by atoms with E-state index < -0.39 is 0 Å². The number of rotatable bonds is 5. The predicted molar refractivity (Wildman–Crippen MR) is 79.3 cm³/mol. The second-order valence-electron chi connectivity index (χ2n) is 4.80. The molecule has 0 fully saturated rings. The molecule has 2 rings (SSSR count). The van der Waals surface area contributed by atoms with Gasteiger partial charge in [-0.3, -0.25) is 4.98 Å². The molecule has 1 aromatic heterocycles. The molecule has 0 aliphatic carbocycles. The number of carbonyl (C=O) groups is 1. The summed E-state index contributed by atoms with van der Waals surface area (Å²) in [6.07, 6.45) is 4.21. The second-order valence-corrected chi connectivity index (χ2v) is 4.80. The lowest BCUT2D eigenvalue weighted by Gasteiger charge is -2.08. The lowest BCUT2D eigenvalue weighted by molar-refractivity contribution is 0.240. The highest BCUT2D eigenvalue weighted by atomic mass is 19.1. The SMILES string of the molecule is Cc1ccc(CNC(=O)NCCc2cccnc2)cc1F. The zero-order valence-electron chi connectivity index (χ0n) is 11.9. The molecule has 0 unspecified atom stereocenters. The van der Waals surface area contributed by atoms with Crippen molar-refractivity contribution < 1.29 is 9.18 Å². The molecule has 0 aliphatic rings. The highest BCUT2D eigenvalue weighted by Gasteiger charge is 2.02. The molecule has 4 nitrogen and oxygen atoms in total. The van der Waals surface area contributed by atoms with Gasteiger partial charge in [0.05, 0.1) is 0 Å². The molecular weight excluding hydrogens is 269 g/mol. The van der Waals surface area contributed by atoms with Crippen LogP contribution in [0.25, 0.3) is 0 Å². The summed E-state index contributed by atoms with van der Waals surface area (Å²) in [5.41, 5.74) is 2.40. The lowest BCUT2D eigenvalue weighted by Crippen LogP contribution is -2.36. The number of carbonyl (C=O) groups excluding carboxylic acids is 1. The number of hydrogen-bond donors (Lipinski definition) is 2. The van der Waals surface area contributed by atoms with Gasteiger partial charge in [0.1, 0.15) is 5.82 Å². The molecular formula is C16H18FN3O. The Morgan fingerprint density at radius 2 is 2.10 bits per heavy atom. The molecule has 0 spiro atoms. The highest BCUT2D eigenvalue weighted by Crippen LogP contribution is 2.08. The zero-order valence-corrected chi connectivity index (χ0v) is 11.9. The quantitative estimate of drug-likeness (QED) is 0.888. The Morgan fingerprint density at radius 1 is 1.24 bits per heavy atom. The summed E-state index contributed by atoms with van der Waals surface area (Å²) in [6.45, 7) is 2.54. The number of aromatic nitrogens is 1. The number of pyridine rings is 1. The van der Waals surface area contributed by atoms with Crippen molar-refractivity contribution in [1.82, 2.24) is 15.6 Å². The van der Waals surface area contributed by atoms with E-state index in [1.54, 1.807) is 31.5 Å². The number of benzene rings is 1. The Labute approximate surface area is 123 Å². The first-order chi connectivity index (χ1) is 10.1. The first kappa shape index (κ1) is 15.0. The minimum atomic E-state index is -0.264. The fraction of sp³-hybridized carbons (Fsp3) is 0.250. The topological polar surface area (TPSA) is 54.0 Å². The molecule has 110 valence electrons. The van der Waals surface area contributed by atoms with Crippen LogP contribution in [0.4, 0.5) is 9.18 Å². The van der Waals surface area contributed by atoms with Crippen molar-refractivity contribution >= 4 is 6.03 Å². The van der Waals surface area contributed by atoms with Crippen LogP contribution in [0.3, 0.4) is 0 Å². The lowest BCUT2D eigenvalue weighted by atomic mass is 10.1. The summed E-state index contributed by atoms with van der Waals surface area (Å²) in [4.78, 5) is 15.6. The van der Waals surface area contributed by atoms with E-state index in [0.717, 1.165) is 17.5 Å². The summed E-state index contributed by atoms with van der Waals surface area (Å²) in [7, 11) is 0. The minimum Gasteiger partial charge on any atom is -0.338 e. The van der Waals surface area contributed by atoms with Gasteiger partial charge in [-0.05, 0) is 42.2 Å². The van der Waals surface area contributed by atoms with Gasteiger partial charge in [-0.1, -0.05) is 18.2 Å². The summed E-state index contributed by atoms with van der Waals surface area (Å²) in [5, 5.41) is 5.46. The van der Waals surface area contributed by atoms with E-state index in [0.29, 0.717) is 18.7 Å². The average Bonchev–Trinajstić information content (AvgIpc) is 2.49. The molecule has 21 heavy (non-hydrogen) atoms. The van der Waals surface area contributed by atoms with Crippen LogP contribution >= 0.6 is 0 Å². The normalized spacial score (nSPS) is 10.2. The van der Waals surface area contributed by atoms with E-state index >= 15 is 0 Å². The Kier molecular flexibility index (Phi) is 5.26. The molecule has 5 heteroatoms. The number of halogens is 1. The van der Waals surface area contributed by atoms with Gasteiger partial charge < -0.3 is 10.6 Å². The van der Waals surface area contributed by atoms with Gasteiger partial charge >= 0.3 is 6.03 Å². The monoisotopic (exact) mass is 287 g/mol. The molecule has 0 saturated heterocycles. The van der Waals surface area contributed by atoms with Crippen molar-refractivity contribution in [3.05, 3.63) is 65.2 Å². The first-order valence-electron chi connectivity index (χ1n) is 6.81. The average molecular weight is 287 g/mol. The molecule has 0 bridgehead atoms. The maximum absolute atomic E-state index is 13.4. The van der Waals surface area contributed by atoms with Gasteiger partial charge in [-0.15, -0.1) is 0 Å². The fourth-order valence-corrected chi connectivity index (χ4v) is 1.86. The maximum atomic E-state index is 13.4. The van der Waals surface area contributed by atoms with Crippen LogP contribution in [0.2, 0.25) is 0 Å². The van der Waals surface area contributed by atoms with Gasteiger partial charge in [0.15, 0.2) is 0 Å². The van der Waals surface area contributed by atoms with Crippen molar-refractivity contribution in [2.75, 3.05) is 6.54 Å². The van der Waals surface area contributed by atoms with E-state index in [2.05, 4.69) is 15.6 Å². The van der Waals surface area contributed by atoms with Crippen LogP contribution in [0.15, 0.2) is 42.7 Å². The van der Waals surface area contributed by atoms with Gasteiger partial charge in [-0.2, -0.15) is 0 Å². The van der Waals surface area contributed by atoms with E-state index in [9.17, 15) is 9.18 Å². The largest absolute Gasteiger partial charge is 0.338 e. The summed E-state index contributed by atoms with van der Waals surface area (Å²) in [6, 6.07) is 8.50. The van der Waals surface area contributed by atoms with Crippen molar-refractivity contribution in [2.45, 2.75) is 19.9 Å². The molecule has 2 amide bonds. The Hall–Kier alpha value is -2.43. The second kappa shape index (κ2) is 7.38. The number of amides is 2. The van der Waals surface area contributed by atoms with E-state index in [-0.39, 0.29) is 11.8 Å². The summed E-state index contributed by atoms with van der Waals surface area (Å²) < 4.78 is 13.4. The van der Waals surface area contributed by atoms with Crippen LogP contribution in [0, 0.1) is 12.7 Å². The third kappa shape index (κ3) is 4.87. The highest BCUT2D eigenvalue weighted by molar-refractivity contribution is 5.73. The van der Waals surface area contributed by atoms with E-state index in [1.807, 2.05) is 12.1 Å². The van der Waals surface area contributed by atoms with Crippen LogP contribution in [0.1, 0.15) is 16.7 Å². The molecule has 1 aromatic carbocycles. The number of hydrogen-bond acceptors (Lipinski definition) is 2. The molecule has 0 radical (unpaired) electrons. The third-order valence-electron chi connectivity index (χ3n) is 3.11. The van der Waals surface area contributed by atoms with Gasteiger partial charge in [0, 0.05) is 25.5 Å². The number of aryl methyl sites for hydroxylation is 1. The van der Waals surface area contributed by atoms with Crippen molar-refractivity contribution in [1.29, 1.82) is 0 Å². The Bertz CT molecular complexity index is 602. The molecule has 0 atom stereocenters. The maximum Gasteiger partial charge on any atom is 0.315 e. The van der Waals surface area contributed by atoms with Crippen LogP contribution in [0.5, 0.6) is 0 Å². The van der Waals surface area contributed by atoms with Crippen molar-refractivity contribution in [3.63, 3.8) is 0 Å². The molecule has 1 heterocycles. The van der Waals surface area contributed by atoms with Crippen LogP contribution in [-0.4, -0.2) is 17.6 Å². The smallest absolute Gasteiger partial charge is 0.315 e. The zero-order chi connectivity index (χ0) is 15.1. The standard InChI is InChI=1S/C16H18FN3O/c1-12-4-5-14(9-15(12)17)11-20-16(21)19-8-6-13-3-2-7-18-10-13/h2-5,7,9-10H,6,8,11H2,1H3,(H2,19,20,21). The molecule has 0 aliphatic heterocycles. The number of nitrogens with one attached hydrogen (secondary N) is 2. The molecule has 2 aromatic rings. The Morgan fingerprint density at radius 3 is 2.81 bits per heavy atom. The van der Waals surface area contributed by atoms with Crippen molar-refractivity contribution in [3.8, 4) is 0 Å². The molecule has 2 N–H and O–H groups in total. The third-order valence-corrected chi connectivity index (χ3v) is 3.11. The number of nitrogens with zero attached hydrogens (tertiary/aromatic N) is 1. The van der Waals surface area contributed by atoms with Crippen molar-refractivity contribution in [2.24, 2.45) is 0 Å². The van der Waals surface area contributed by atoms with E-state index in [1.165, 1.54) is 6.07 Å². The predicted octanol–water partition coefficient (Wildman–Crippen LogP) is 2.57. The van der Waals surface area contributed by atoms with E-state index in [4.69, 9.17) is 0 Å². The van der Waals surface area contributed by atoms with Crippen LogP contribution < -0.4 is 10.6 Å². The molecule has 0 saturated carbocycles. The summed E-state index contributed by atoms with van der Waals surface area (Å²) >= 11 is 0. The minimum absolute atomic E-state index is 0.258. The summed E-state index contributed by atoms with van der Waals surface area (Å²) in [5.74, 6) is -0.258. The van der Waals surface area contributed by atoms with Gasteiger partial charge in [-0.25, -0.2) is 9.18 Å².